The Labute approximate surface area is 162 Å². The van der Waals surface area contributed by atoms with Gasteiger partial charge in [0.25, 0.3) is 0 Å². The molecule has 0 bridgehead atoms. The average Bonchev–Trinajstić information content (AvgIpc) is 3.03. The van der Waals surface area contributed by atoms with Crippen LogP contribution in [0.1, 0.15) is 24.2 Å². The molecule has 0 aliphatic rings. The number of hydrogen-bond acceptors (Lipinski definition) is 5. The summed E-state index contributed by atoms with van der Waals surface area (Å²) in [6, 6.07) is 16.7. The first-order chi connectivity index (χ1) is 13.0. The molecule has 0 fully saturated rings. The molecule has 0 aliphatic heterocycles. The predicted octanol–water partition coefficient (Wildman–Crippen LogP) is 3.80. The molecule has 0 aliphatic carbocycles. The molecule has 1 heterocycles. The van der Waals surface area contributed by atoms with Crippen LogP contribution in [0.4, 0.5) is 5.69 Å². The van der Waals surface area contributed by atoms with Gasteiger partial charge in [-0.1, -0.05) is 54.2 Å². The first kappa shape index (κ1) is 18.8. The topological polar surface area (TPSA) is 76.9 Å². The second kappa shape index (κ2) is 8.18. The summed E-state index contributed by atoms with van der Waals surface area (Å²) in [5.74, 6) is 0.547. The molecule has 0 saturated carbocycles. The van der Waals surface area contributed by atoms with Gasteiger partial charge in [-0.3, -0.25) is 9.59 Å². The predicted molar refractivity (Wildman–Crippen MR) is 107 cm³/mol. The molecule has 1 amide bonds. The number of anilines is 1. The number of nitrogens with one attached hydrogen (secondary N) is 1. The third-order valence-electron chi connectivity index (χ3n) is 4.05. The van der Waals surface area contributed by atoms with Crippen molar-refractivity contribution in [2.24, 2.45) is 7.05 Å². The molecular formula is C20H20N4O2S. The number of hydrogen-bond donors (Lipinski definition) is 1. The lowest BCUT2D eigenvalue weighted by molar-refractivity contribution is -0.115. The van der Waals surface area contributed by atoms with E-state index in [1.54, 1.807) is 24.3 Å². The van der Waals surface area contributed by atoms with Crippen LogP contribution in [0.3, 0.4) is 0 Å². The van der Waals surface area contributed by atoms with Crippen molar-refractivity contribution in [1.29, 1.82) is 0 Å². The largest absolute Gasteiger partial charge is 0.325 e. The third-order valence-corrected chi connectivity index (χ3v) is 5.19. The van der Waals surface area contributed by atoms with Crippen LogP contribution in [0.25, 0.3) is 11.4 Å². The van der Waals surface area contributed by atoms with Crippen LogP contribution in [0.5, 0.6) is 0 Å². The van der Waals surface area contributed by atoms with Crippen LogP contribution in [0.15, 0.2) is 59.8 Å². The Morgan fingerprint density at radius 1 is 1.07 bits per heavy atom. The lowest BCUT2D eigenvalue weighted by Crippen LogP contribution is -2.23. The van der Waals surface area contributed by atoms with Crippen LogP contribution < -0.4 is 5.32 Å². The highest BCUT2D eigenvalue weighted by Crippen LogP contribution is 2.26. The van der Waals surface area contributed by atoms with Crippen molar-refractivity contribution in [3.8, 4) is 11.4 Å². The first-order valence-corrected chi connectivity index (χ1v) is 9.37. The Kier molecular flexibility index (Phi) is 5.71. The highest BCUT2D eigenvalue weighted by molar-refractivity contribution is 8.00. The van der Waals surface area contributed by atoms with Crippen LogP contribution in [-0.2, 0) is 11.8 Å². The second-order valence-electron chi connectivity index (χ2n) is 6.12. The van der Waals surface area contributed by atoms with Gasteiger partial charge in [0.05, 0.1) is 5.25 Å². The maximum Gasteiger partial charge on any atom is 0.237 e. The highest BCUT2D eigenvalue weighted by Gasteiger charge is 2.19. The molecule has 2 aromatic carbocycles. The van der Waals surface area contributed by atoms with Gasteiger partial charge in [0.2, 0.25) is 5.91 Å². The number of aromatic nitrogens is 3. The lowest BCUT2D eigenvalue weighted by Gasteiger charge is -2.12. The minimum absolute atomic E-state index is 0.0407. The van der Waals surface area contributed by atoms with Gasteiger partial charge in [0, 0.05) is 23.9 Å². The van der Waals surface area contributed by atoms with E-state index in [9.17, 15) is 9.59 Å². The number of nitrogens with zero attached hydrogens (tertiary/aromatic N) is 3. The Morgan fingerprint density at radius 3 is 2.52 bits per heavy atom. The quantitative estimate of drug-likeness (QED) is 0.520. The van der Waals surface area contributed by atoms with Gasteiger partial charge in [-0.15, -0.1) is 10.2 Å². The molecule has 138 valence electrons. The minimum Gasteiger partial charge on any atom is -0.325 e. The van der Waals surface area contributed by atoms with Crippen molar-refractivity contribution in [2.45, 2.75) is 24.3 Å². The fourth-order valence-corrected chi connectivity index (χ4v) is 3.34. The molecule has 27 heavy (non-hydrogen) atoms. The van der Waals surface area contributed by atoms with Gasteiger partial charge in [0.15, 0.2) is 16.8 Å². The van der Waals surface area contributed by atoms with Crippen LogP contribution in [0.2, 0.25) is 0 Å². The lowest BCUT2D eigenvalue weighted by atomic mass is 10.1. The number of amides is 1. The minimum atomic E-state index is -0.377. The Bertz CT molecular complexity index is 969. The van der Waals surface area contributed by atoms with E-state index in [1.807, 2.05) is 48.9 Å². The SMILES string of the molecule is CC(=O)c1cccc(NC(=O)C(C)Sc2nnc(-c3ccccc3)n2C)c1. The molecule has 1 N–H and O–H groups in total. The van der Waals surface area contributed by atoms with Crippen LogP contribution in [-0.4, -0.2) is 31.7 Å². The van der Waals surface area contributed by atoms with E-state index >= 15 is 0 Å². The van der Waals surface area contributed by atoms with Crippen molar-refractivity contribution in [3.63, 3.8) is 0 Å². The molecule has 0 saturated heterocycles. The molecule has 0 radical (unpaired) electrons. The summed E-state index contributed by atoms with van der Waals surface area (Å²) in [5.41, 5.74) is 2.13. The fraction of sp³-hybridized carbons (Fsp3) is 0.200. The third kappa shape index (κ3) is 4.43. The Hall–Kier alpha value is -2.93. The summed E-state index contributed by atoms with van der Waals surface area (Å²) >= 11 is 1.33. The molecule has 0 spiro atoms. The van der Waals surface area contributed by atoms with Gasteiger partial charge in [0.1, 0.15) is 0 Å². The number of thioether (sulfide) groups is 1. The van der Waals surface area contributed by atoms with Gasteiger partial charge >= 0.3 is 0 Å². The molecule has 3 rings (SSSR count). The maximum absolute atomic E-state index is 12.5. The zero-order valence-electron chi connectivity index (χ0n) is 15.3. The Morgan fingerprint density at radius 2 is 1.81 bits per heavy atom. The second-order valence-corrected chi connectivity index (χ2v) is 7.43. The maximum atomic E-state index is 12.5. The van der Waals surface area contributed by atoms with Crippen molar-refractivity contribution in [2.75, 3.05) is 5.32 Å². The molecule has 1 atom stereocenters. The van der Waals surface area contributed by atoms with Crippen molar-refractivity contribution in [3.05, 3.63) is 60.2 Å². The van der Waals surface area contributed by atoms with E-state index in [1.165, 1.54) is 18.7 Å². The molecule has 7 heteroatoms. The summed E-state index contributed by atoms with van der Waals surface area (Å²) in [6.07, 6.45) is 0. The van der Waals surface area contributed by atoms with Gasteiger partial charge in [-0.05, 0) is 26.0 Å². The smallest absolute Gasteiger partial charge is 0.237 e. The first-order valence-electron chi connectivity index (χ1n) is 8.49. The molecular weight excluding hydrogens is 360 g/mol. The monoisotopic (exact) mass is 380 g/mol. The van der Waals surface area contributed by atoms with E-state index < -0.39 is 0 Å². The number of carbonyl (C=O) groups is 2. The zero-order chi connectivity index (χ0) is 19.4. The summed E-state index contributed by atoms with van der Waals surface area (Å²) in [6.45, 7) is 3.31. The van der Waals surface area contributed by atoms with E-state index in [0.717, 1.165) is 11.4 Å². The van der Waals surface area contributed by atoms with E-state index in [2.05, 4.69) is 15.5 Å². The van der Waals surface area contributed by atoms with Crippen LogP contribution >= 0.6 is 11.8 Å². The summed E-state index contributed by atoms with van der Waals surface area (Å²) in [5, 5.41) is 11.6. The van der Waals surface area contributed by atoms with Crippen molar-refractivity contribution < 1.29 is 9.59 Å². The average molecular weight is 380 g/mol. The zero-order valence-corrected chi connectivity index (χ0v) is 16.2. The van der Waals surface area contributed by atoms with E-state index in [4.69, 9.17) is 0 Å². The normalized spacial score (nSPS) is 11.8. The summed E-state index contributed by atoms with van der Waals surface area (Å²) < 4.78 is 1.88. The van der Waals surface area contributed by atoms with Gasteiger partial charge in [-0.25, -0.2) is 0 Å². The summed E-state index contributed by atoms with van der Waals surface area (Å²) in [4.78, 5) is 24.0. The molecule has 6 nitrogen and oxygen atoms in total. The number of carbonyl (C=O) groups excluding carboxylic acids is 2. The fourth-order valence-electron chi connectivity index (χ4n) is 2.53. The standard InChI is InChI=1S/C20H20N4O2S/c1-13(25)16-10-7-11-17(12-16)21-19(26)14(2)27-20-23-22-18(24(20)3)15-8-5-4-6-9-15/h4-12,14H,1-3H3,(H,21,26). The number of Topliss-reactive ketones (excluding diaryl/α,β-unsaturated/α-hetero) is 1. The van der Waals surface area contributed by atoms with E-state index in [0.29, 0.717) is 16.4 Å². The summed E-state index contributed by atoms with van der Waals surface area (Å²) in [7, 11) is 1.88. The van der Waals surface area contributed by atoms with Gasteiger partial charge < -0.3 is 9.88 Å². The number of benzene rings is 2. The Balaban J connectivity index is 1.69. The molecule has 3 aromatic rings. The number of ketones is 1. The van der Waals surface area contributed by atoms with Crippen molar-refractivity contribution >= 4 is 29.1 Å². The van der Waals surface area contributed by atoms with E-state index in [-0.39, 0.29) is 16.9 Å². The van der Waals surface area contributed by atoms with Crippen LogP contribution in [0, 0.1) is 0 Å². The number of rotatable bonds is 6. The highest BCUT2D eigenvalue weighted by atomic mass is 32.2. The molecule has 1 unspecified atom stereocenters. The van der Waals surface area contributed by atoms with Gasteiger partial charge in [-0.2, -0.15) is 0 Å². The molecule has 1 aromatic heterocycles. The van der Waals surface area contributed by atoms with Crippen molar-refractivity contribution in [1.82, 2.24) is 14.8 Å².